The maximum Gasteiger partial charge on any atom is 0.321 e. The van der Waals surface area contributed by atoms with Gasteiger partial charge >= 0.3 is 6.03 Å². The second kappa shape index (κ2) is 10.8. The fourth-order valence-corrected chi connectivity index (χ4v) is 4.88. The number of anilines is 1. The number of thiophene rings is 1. The molecule has 1 atom stereocenters. The minimum atomic E-state index is -0.611. The summed E-state index contributed by atoms with van der Waals surface area (Å²) in [5.41, 5.74) is 1.89. The van der Waals surface area contributed by atoms with E-state index in [1.165, 1.54) is 11.3 Å². The first-order valence-electron chi connectivity index (χ1n) is 11.3. The number of amides is 4. The van der Waals surface area contributed by atoms with E-state index >= 15 is 0 Å². The van der Waals surface area contributed by atoms with Gasteiger partial charge < -0.3 is 25.2 Å². The van der Waals surface area contributed by atoms with Crippen LogP contribution in [0.4, 0.5) is 10.5 Å². The number of ether oxygens (including phenoxy) is 1. The predicted octanol–water partition coefficient (Wildman–Crippen LogP) is 2.96. The second-order valence-electron chi connectivity index (χ2n) is 8.49. The van der Waals surface area contributed by atoms with Gasteiger partial charge in [-0.25, -0.2) is 4.79 Å². The summed E-state index contributed by atoms with van der Waals surface area (Å²) in [6.07, 6.45) is 1.29. The quantitative estimate of drug-likeness (QED) is 0.703. The zero-order valence-electron chi connectivity index (χ0n) is 18.8. The normalized spacial score (nSPS) is 18.0. The van der Waals surface area contributed by atoms with Gasteiger partial charge in [0.15, 0.2) is 0 Å². The summed E-state index contributed by atoms with van der Waals surface area (Å²) < 4.78 is 5.38. The molecule has 3 heterocycles. The van der Waals surface area contributed by atoms with Crippen molar-refractivity contribution in [1.82, 2.24) is 15.1 Å². The fourth-order valence-electron chi connectivity index (χ4n) is 4.26. The van der Waals surface area contributed by atoms with Gasteiger partial charge in [0, 0.05) is 31.9 Å². The van der Waals surface area contributed by atoms with E-state index < -0.39 is 6.04 Å². The molecule has 2 saturated heterocycles. The molecule has 8 nitrogen and oxygen atoms in total. The van der Waals surface area contributed by atoms with Gasteiger partial charge in [0.1, 0.15) is 6.04 Å². The third-order valence-electron chi connectivity index (χ3n) is 6.22. The van der Waals surface area contributed by atoms with Crippen LogP contribution in [0, 0.1) is 12.8 Å². The zero-order valence-corrected chi connectivity index (χ0v) is 19.6. The molecule has 0 spiro atoms. The number of nitrogens with zero attached hydrogens (tertiary/aromatic N) is 2. The Morgan fingerprint density at radius 1 is 1.00 bits per heavy atom. The summed E-state index contributed by atoms with van der Waals surface area (Å²) in [7, 11) is 0. The lowest BCUT2D eigenvalue weighted by atomic mass is 9.88. The summed E-state index contributed by atoms with van der Waals surface area (Å²) in [6, 6.07) is 10.5. The third-order valence-corrected chi connectivity index (χ3v) is 7.09. The molecule has 1 aromatic heterocycles. The van der Waals surface area contributed by atoms with E-state index in [9.17, 15) is 14.4 Å². The molecule has 33 heavy (non-hydrogen) atoms. The van der Waals surface area contributed by atoms with Crippen molar-refractivity contribution in [3.05, 3.63) is 52.2 Å². The number of urea groups is 1. The van der Waals surface area contributed by atoms with Crippen LogP contribution >= 0.6 is 11.3 Å². The Balaban J connectivity index is 1.39. The molecule has 0 radical (unpaired) electrons. The molecule has 2 aliphatic heterocycles. The number of likely N-dealkylation sites (tertiary alicyclic amines) is 1. The first-order valence-corrected chi connectivity index (χ1v) is 12.2. The van der Waals surface area contributed by atoms with Crippen molar-refractivity contribution in [2.24, 2.45) is 5.92 Å². The third kappa shape index (κ3) is 5.91. The van der Waals surface area contributed by atoms with Crippen LogP contribution in [0.5, 0.6) is 0 Å². The van der Waals surface area contributed by atoms with Crippen molar-refractivity contribution >= 4 is 34.9 Å². The maximum absolute atomic E-state index is 13.4. The Kier molecular flexibility index (Phi) is 7.61. The van der Waals surface area contributed by atoms with Crippen molar-refractivity contribution in [3.63, 3.8) is 0 Å². The van der Waals surface area contributed by atoms with Crippen LogP contribution in [-0.2, 0) is 9.53 Å². The standard InChI is InChI=1S/C24H30N4O4S/c1-17-4-6-19(7-5-17)25-24(31)28-10-8-18(9-11-28)21(23(30)27-12-14-32-15-13-27)26-22(29)20-3-2-16-33-20/h2-7,16,18,21H,8-15H2,1H3,(H,25,31)(H,26,29). The largest absolute Gasteiger partial charge is 0.378 e. The van der Waals surface area contributed by atoms with Gasteiger partial charge in [0.25, 0.3) is 5.91 Å². The van der Waals surface area contributed by atoms with Crippen molar-refractivity contribution in [2.75, 3.05) is 44.7 Å². The van der Waals surface area contributed by atoms with Crippen LogP contribution < -0.4 is 10.6 Å². The first kappa shape index (κ1) is 23.3. The Labute approximate surface area is 197 Å². The van der Waals surface area contributed by atoms with Crippen molar-refractivity contribution in [2.45, 2.75) is 25.8 Å². The fraction of sp³-hybridized carbons (Fsp3) is 0.458. The highest BCUT2D eigenvalue weighted by atomic mass is 32.1. The molecular formula is C24H30N4O4S. The molecular weight excluding hydrogens is 440 g/mol. The number of carbonyl (C=O) groups is 3. The van der Waals surface area contributed by atoms with Crippen molar-refractivity contribution in [1.29, 1.82) is 0 Å². The lowest BCUT2D eigenvalue weighted by molar-refractivity contribution is -0.139. The summed E-state index contributed by atoms with van der Waals surface area (Å²) in [6.45, 7) is 5.14. The second-order valence-corrected chi connectivity index (χ2v) is 9.43. The molecule has 2 fully saturated rings. The van der Waals surface area contributed by atoms with Crippen molar-refractivity contribution in [3.8, 4) is 0 Å². The van der Waals surface area contributed by atoms with Gasteiger partial charge in [0.05, 0.1) is 18.1 Å². The number of hydrogen-bond donors (Lipinski definition) is 2. The summed E-state index contributed by atoms with van der Waals surface area (Å²) in [5, 5.41) is 7.78. The van der Waals surface area contributed by atoms with Gasteiger partial charge in [-0.15, -0.1) is 11.3 Å². The minimum absolute atomic E-state index is 0.0346. The Bertz CT molecular complexity index is 949. The summed E-state index contributed by atoms with van der Waals surface area (Å²) in [4.78, 5) is 43.0. The van der Waals surface area contributed by atoms with Gasteiger partial charge in [-0.05, 0) is 49.3 Å². The van der Waals surface area contributed by atoms with Crippen LogP contribution in [0.1, 0.15) is 28.1 Å². The Hall–Kier alpha value is -2.91. The molecule has 1 aromatic carbocycles. The molecule has 1 unspecified atom stereocenters. The number of hydrogen-bond acceptors (Lipinski definition) is 5. The minimum Gasteiger partial charge on any atom is -0.378 e. The number of morpholine rings is 1. The molecule has 0 bridgehead atoms. The van der Waals surface area contributed by atoms with Crippen LogP contribution in [0.25, 0.3) is 0 Å². The predicted molar refractivity (Wildman–Crippen MR) is 127 cm³/mol. The number of piperidine rings is 1. The van der Waals surface area contributed by atoms with E-state index in [1.807, 2.05) is 42.6 Å². The highest BCUT2D eigenvalue weighted by molar-refractivity contribution is 7.12. The SMILES string of the molecule is Cc1ccc(NC(=O)N2CCC(C(NC(=O)c3cccs3)C(=O)N3CCOCC3)CC2)cc1. The lowest BCUT2D eigenvalue weighted by Crippen LogP contribution is -2.56. The van der Waals surface area contributed by atoms with Gasteiger partial charge in [0.2, 0.25) is 5.91 Å². The smallest absolute Gasteiger partial charge is 0.321 e. The lowest BCUT2D eigenvalue weighted by Gasteiger charge is -2.38. The number of benzene rings is 1. The summed E-state index contributed by atoms with van der Waals surface area (Å²) in [5.74, 6) is -0.324. The molecule has 9 heteroatoms. The zero-order chi connectivity index (χ0) is 23.2. The van der Waals surface area contributed by atoms with E-state index in [2.05, 4.69) is 10.6 Å². The Morgan fingerprint density at radius 2 is 1.70 bits per heavy atom. The monoisotopic (exact) mass is 470 g/mol. The molecule has 2 aliphatic rings. The molecule has 4 rings (SSSR count). The average molecular weight is 471 g/mol. The molecule has 2 N–H and O–H groups in total. The Morgan fingerprint density at radius 3 is 2.33 bits per heavy atom. The van der Waals surface area contributed by atoms with Crippen molar-refractivity contribution < 1.29 is 19.1 Å². The van der Waals surface area contributed by atoms with Gasteiger partial charge in [-0.3, -0.25) is 9.59 Å². The van der Waals surface area contributed by atoms with E-state index in [0.717, 1.165) is 11.3 Å². The van der Waals surface area contributed by atoms with Crippen LogP contribution in [0.15, 0.2) is 41.8 Å². The molecule has 2 aromatic rings. The van der Waals surface area contributed by atoms with Crippen LogP contribution in [-0.4, -0.2) is 73.1 Å². The molecule has 4 amide bonds. The first-order chi connectivity index (χ1) is 16.0. The number of nitrogens with one attached hydrogen (secondary N) is 2. The van der Waals surface area contributed by atoms with E-state index in [4.69, 9.17) is 4.74 Å². The maximum atomic E-state index is 13.4. The van der Waals surface area contributed by atoms with Crippen LogP contribution in [0.3, 0.4) is 0 Å². The highest BCUT2D eigenvalue weighted by Gasteiger charge is 2.36. The van der Waals surface area contributed by atoms with Crippen LogP contribution in [0.2, 0.25) is 0 Å². The number of rotatable bonds is 5. The number of aryl methyl sites for hydroxylation is 1. The molecule has 176 valence electrons. The van der Waals surface area contributed by atoms with Gasteiger partial charge in [-0.2, -0.15) is 0 Å². The average Bonchev–Trinajstić information content (AvgIpc) is 3.39. The van der Waals surface area contributed by atoms with E-state index in [-0.39, 0.29) is 23.8 Å². The molecule has 0 saturated carbocycles. The van der Waals surface area contributed by atoms with E-state index in [0.29, 0.717) is 57.1 Å². The topological polar surface area (TPSA) is 91.0 Å². The summed E-state index contributed by atoms with van der Waals surface area (Å²) >= 11 is 1.35. The van der Waals surface area contributed by atoms with E-state index in [1.54, 1.807) is 15.9 Å². The molecule has 0 aliphatic carbocycles. The number of carbonyl (C=O) groups excluding carboxylic acids is 3. The highest BCUT2D eigenvalue weighted by Crippen LogP contribution is 2.24. The van der Waals surface area contributed by atoms with Gasteiger partial charge in [-0.1, -0.05) is 23.8 Å².